The Kier molecular flexibility index (Phi) is 5.32. The number of rotatable bonds is 1. The molecule has 0 aliphatic heterocycles. The average molecular weight is 462 g/mol. The molecule has 0 unspecified atom stereocenters. The van der Waals surface area contributed by atoms with Gasteiger partial charge >= 0.3 is 81.7 Å². The number of benzene rings is 2. The summed E-state index contributed by atoms with van der Waals surface area (Å²) in [6.45, 7) is 2.71. The Bertz CT molecular complexity index is 740. The van der Waals surface area contributed by atoms with E-state index < -0.39 is 0 Å². The Morgan fingerprint density at radius 2 is 1.38 bits per heavy atom. The van der Waals surface area contributed by atoms with Crippen LogP contribution in [0.2, 0.25) is 0 Å². The fourth-order valence-corrected chi connectivity index (χ4v) is 2.71. The second-order valence-electron chi connectivity index (χ2n) is 5.04. The summed E-state index contributed by atoms with van der Waals surface area (Å²) in [5.41, 5.74) is 10.4. The van der Waals surface area contributed by atoms with Gasteiger partial charge in [-0.05, 0) is 12.5 Å². The number of aryl methyl sites for hydroxylation is 3. The molecule has 0 saturated carbocycles. The first-order valence-electron chi connectivity index (χ1n) is 6.86. The van der Waals surface area contributed by atoms with Gasteiger partial charge in [-0.15, -0.1) is 0 Å². The fourth-order valence-electron chi connectivity index (χ4n) is 2.16. The van der Waals surface area contributed by atoms with E-state index in [4.69, 9.17) is 5.73 Å². The zero-order valence-electron chi connectivity index (χ0n) is 12.6. The van der Waals surface area contributed by atoms with Gasteiger partial charge in [0.05, 0.1) is 0 Å². The van der Waals surface area contributed by atoms with Crippen molar-refractivity contribution in [2.75, 3.05) is 0 Å². The first kappa shape index (κ1) is 15.9. The van der Waals surface area contributed by atoms with Gasteiger partial charge in [-0.25, -0.2) is 0 Å². The Morgan fingerprint density at radius 1 is 0.905 bits per heavy atom. The van der Waals surface area contributed by atoms with Crippen LogP contribution in [-0.2, 0) is 40.0 Å². The van der Waals surface area contributed by atoms with Gasteiger partial charge in [0.25, 0.3) is 0 Å². The summed E-state index contributed by atoms with van der Waals surface area (Å²) in [5.74, 6) is 0. The normalized spacial score (nSPS) is 10.4. The molecule has 4 heteroatoms. The van der Waals surface area contributed by atoms with Gasteiger partial charge in [-0.3, -0.25) is 0 Å². The number of imidazole rings is 1. The van der Waals surface area contributed by atoms with E-state index in [1.54, 1.807) is 0 Å². The van der Waals surface area contributed by atoms with Crippen LogP contribution < -0.4 is 5.73 Å². The summed E-state index contributed by atoms with van der Waals surface area (Å²) in [7, 11) is 4.18. The first-order chi connectivity index (χ1) is 10.0. The molecule has 0 aliphatic rings. The van der Waals surface area contributed by atoms with Gasteiger partial charge < -0.3 is 5.73 Å². The molecular weight excluding hydrogens is 441 g/mol. The van der Waals surface area contributed by atoms with Crippen LogP contribution in [0, 0.1) is 10.7 Å². The van der Waals surface area contributed by atoms with Crippen LogP contribution in [0.5, 0.6) is 0 Å². The van der Waals surface area contributed by atoms with Crippen molar-refractivity contribution >= 4 is 11.0 Å². The van der Waals surface area contributed by atoms with Gasteiger partial charge in [0.1, 0.15) is 0 Å². The van der Waals surface area contributed by atoms with Gasteiger partial charge in [-0.2, -0.15) is 0 Å². The number of hydrogen-bond donors (Lipinski definition) is 1. The van der Waals surface area contributed by atoms with E-state index in [1.165, 1.54) is 26.0 Å². The van der Waals surface area contributed by atoms with Crippen LogP contribution >= 0.6 is 0 Å². The fraction of sp³-hybridized carbons (Fsp3) is 0.235. The third kappa shape index (κ3) is 3.61. The summed E-state index contributed by atoms with van der Waals surface area (Å²) >= 11 is 2.33. The average Bonchev–Trinajstić information content (AvgIpc) is 2.74. The van der Waals surface area contributed by atoms with Crippen molar-refractivity contribution < 1.29 is 19.4 Å². The number of para-hydroxylation sites is 2. The number of hydrogen-bond acceptors (Lipinski definition) is 1. The number of nitrogens with zero attached hydrogens (tertiary/aromatic N) is 2. The van der Waals surface area contributed by atoms with Crippen LogP contribution in [-0.4, -0.2) is 9.13 Å². The van der Waals surface area contributed by atoms with Crippen molar-refractivity contribution in [1.29, 1.82) is 0 Å². The molecule has 3 aromatic rings. The number of fused-ring (bicyclic) bond motifs is 1. The molecular formula is C17H21N3Pt. The van der Waals surface area contributed by atoms with Crippen LogP contribution in [0.3, 0.4) is 0 Å². The molecule has 0 bridgehead atoms. The second-order valence-corrected chi connectivity index (χ2v) is 6.05. The summed E-state index contributed by atoms with van der Waals surface area (Å²) in [6.07, 6.45) is 0. The number of nitrogens with two attached hydrogens (primary N) is 1. The zero-order chi connectivity index (χ0) is 15.4. The first-order valence-corrected chi connectivity index (χ1v) is 7.99. The Labute approximate surface area is 136 Å². The van der Waals surface area contributed by atoms with Crippen LogP contribution in [0.4, 0.5) is 0 Å². The summed E-state index contributed by atoms with van der Waals surface area (Å²) in [4.78, 5) is 0. The molecule has 1 aromatic heterocycles. The minimum absolute atomic E-state index is 0.639. The summed E-state index contributed by atoms with van der Waals surface area (Å²) in [6, 6.07) is 16.7. The molecule has 1 heterocycles. The van der Waals surface area contributed by atoms with Gasteiger partial charge in [0.15, 0.2) is 0 Å². The molecule has 0 atom stereocenters. The Hall–Kier alpha value is -1.44. The third-order valence-electron chi connectivity index (χ3n) is 3.47. The van der Waals surface area contributed by atoms with E-state index in [0.717, 1.165) is 0 Å². The van der Waals surface area contributed by atoms with Gasteiger partial charge in [-0.1, -0.05) is 29.8 Å². The molecule has 0 saturated heterocycles. The molecule has 0 fully saturated rings. The maximum atomic E-state index is 5.40. The Balaban J connectivity index is 0.000000161. The van der Waals surface area contributed by atoms with Crippen LogP contribution in [0.15, 0.2) is 48.5 Å². The predicted molar refractivity (Wildman–Crippen MR) is 84.2 cm³/mol. The SMILES string of the molecule is Cc1ccc(CN)cc1.Cn1[c](=[Pt])n(C)c2ccccc21. The molecule has 114 valence electrons. The van der Waals surface area contributed by atoms with Crippen LogP contribution in [0.25, 0.3) is 11.0 Å². The molecule has 0 aliphatic carbocycles. The molecule has 0 spiro atoms. The Morgan fingerprint density at radius 3 is 1.81 bits per heavy atom. The van der Waals surface area contributed by atoms with E-state index in [1.807, 2.05) is 0 Å². The van der Waals surface area contributed by atoms with E-state index in [-0.39, 0.29) is 0 Å². The van der Waals surface area contributed by atoms with Gasteiger partial charge in [0.2, 0.25) is 0 Å². The second kappa shape index (κ2) is 7.02. The number of aromatic nitrogens is 2. The van der Waals surface area contributed by atoms with E-state index in [2.05, 4.69) is 98.0 Å². The van der Waals surface area contributed by atoms with E-state index >= 15 is 0 Å². The molecule has 3 rings (SSSR count). The topological polar surface area (TPSA) is 35.9 Å². The van der Waals surface area contributed by atoms with Crippen LogP contribution in [0.1, 0.15) is 11.1 Å². The van der Waals surface area contributed by atoms with Crippen molar-refractivity contribution in [3.8, 4) is 0 Å². The zero-order valence-corrected chi connectivity index (χ0v) is 14.9. The third-order valence-corrected chi connectivity index (χ3v) is 5.00. The maximum absolute atomic E-state index is 5.40. The van der Waals surface area contributed by atoms with Crippen molar-refractivity contribution in [1.82, 2.24) is 9.13 Å². The molecule has 2 N–H and O–H groups in total. The van der Waals surface area contributed by atoms with Crippen molar-refractivity contribution in [2.24, 2.45) is 19.8 Å². The standard InChI is InChI=1S/C9H10N2.C8H11N.Pt/c1-10-7-11(2)9-6-4-3-5-8(9)10;1-7-2-4-8(6-9)5-3-7;/h3-6H,1-2H3;2-5H,6,9H2,1H3;. The van der Waals surface area contributed by atoms with E-state index in [9.17, 15) is 0 Å². The minimum atomic E-state index is 0.639. The van der Waals surface area contributed by atoms with Crippen molar-refractivity contribution in [3.63, 3.8) is 0 Å². The molecule has 3 nitrogen and oxygen atoms in total. The summed E-state index contributed by atoms with van der Waals surface area (Å²) in [5, 5.41) is 0. The van der Waals surface area contributed by atoms with E-state index in [0.29, 0.717) is 6.54 Å². The molecule has 2 aromatic carbocycles. The van der Waals surface area contributed by atoms with Gasteiger partial charge in [0, 0.05) is 6.54 Å². The summed E-state index contributed by atoms with van der Waals surface area (Å²) < 4.78 is 5.63. The van der Waals surface area contributed by atoms with Crippen molar-refractivity contribution in [3.05, 3.63) is 63.5 Å². The molecule has 0 amide bonds. The van der Waals surface area contributed by atoms with Crippen molar-refractivity contribution in [2.45, 2.75) is 13.5 Å². The molecule has 21 heavy (non-hydrogen) atoms. The quantitative estimate of drug-likeness (QED) is 0.593. The predicted octanol–water partition coefficient (Wildman–Crippen LogP) is 3.05. The monoisotopic (exact) mass is 462 g/mol. The molecule has 0 radical (unpaired) electrons.